The number of amides is 1. The summed E-state index contributed by atoms with van der Waals surface area (Å²) in [6.45, 7) is -0.140. The third-order valence-electron chi connectivity index (χ3n) is 2.33. The number of rotatable bonds is 2. The second kappa shape index (κ2) is 3.73. The van der Waals surface area contributed by atoms with Crippen LogP contribution in [0.4, 0.5) is 16.2 Å². The number of anilines is 2. The fourth-order valence-electron chi connectivity index (χ4n) is 1.52. The first kappa shape index (κ1) is 10.3. The number of nitrogens with zero attached hydrogens (tertiary/aromatic N) is 1. The van der Waals surface area contributed by atoms with Crippen LogP contribution < -0.4 is 10.6 Å². The number of carbonyl (C=O) groups excluding carboxylic acids is 1. The van der Waals surface area contributed by atoms with Crippen molar-refractivity contribution in [1.29, 1.82) is 0 Å². The number of carboxylic acid groups (broad SMARTS) is 1. The summed E-state index contributed by atoms with van der Waals surface area (Å²) in [4.78, 5) is 23.4. The molecule has 84 valence electrons. The Bertz CT molecular complexity index is 429. The number of hydrogen-bond donors (Lipinski definition) is 2. The summed E-state index contributed by atoms with van der Waals surface area (Å²) >= 11 is 0. The molecular weight excluding hydrogens is 212 g/mol. The maximum atomic E-state index is 11.4. The lowest BCUT2D eigenvalue weighted by Crippen LogP contribution is -2.39. The van der Waals surface area contributed by atoms with Gasteiger partial charge in [-0.25, -0.2) is 9.59 Å². The summed E-state index contributed by atoms with van der Waals surface area (Å²) in [7, 11) is 0. The molecule has 16 heavy (non-hydrogen) atoms. The van der Waals surface area contributed by atoms with Gasteiger partial charge >= 0.3 is 12.1 Å². The van der Waals surface area contributed by atoms with Crippen molar-refractivity contribution >= 4 is 23.4 Å². The minimum atomic E-state index is -1.09. The molecule has 0 aromatic heterocycles. The summed E-state index contributed by atoms with van der Waals surface area (Å²) in [6, 6.07) is 5.38. The molecule has 1 atom stereocenters. The van der Waals surface area contributed by atoms with E-state index in [1.807, 2.05) is 0 Å². The fourth-order valence-corrected chi connectivity index (χ4v) is 1.52. The number of aliphatic carboxylic acids is 1. The fraction of sp³-hybridized carbons (Fsp3) is 0.200. The molecule has 1 aliphatic heterocycles. The summed E-state index contributed by atoms with van der Waals surface area (Å²) < 4.78 is 4.70. The molecule has 2 rings (SSSR count). The molecule has 0 saturated carbocycles. The van der Waals surface area contributed by atoms with Gasteiger partial charge in [-0.05, 0) is 24.3 Å². The zero-order valence-electron chi connectivity index (χ0n) is 8.29. The normalized spacial score (nSPS) is 19.6. The molecule has 1 aliphatic rings. The number of carboxylic acids is 1. The highest BCUT2D eigenvalue weighted by molar-refractivity contribution is 5.97. The highest BCUT2D eigenvalue weighted by atomic mass is 16.6. The Morgan fingerprint density at radius 1 is 1.44 bits per heavy atom. The van der Waals surface area contributed by atoms with Gasteiger partial charge in [-0.15, -0.1) is 0 Å². The maximum Gasteiger partial charge on any atom is 0.415 e. The van der Waals surface area contributed by atoms with Gasteiger partial charge in [0, 0.05) is 11.4 Å². The van der Waals surface area contributed by atoms with Crippen LogP contribution in [0.25, 0.3) is 0 Å². The molecule has 6 nitrogen and oxygen atoms in total. The van der Waals surface area contributed by atoms with Crippen molar-refractivity contribution in [1.82, 2.24) is 0 Å². The van der Waals surface area contributed by atoms with Crippen LogP contribution in [0.3, 0.4) is 0 Å². The van der Waals surface area contributed by atoms with E-state index >= 15 is 0 Å². The van der Waals surface area contributed by atoms with Crippen LogP contribution in [0.2, 0.25) is 0 Å². The lowest BCUT2D eigenvalue weighted by molar-refractivity contribution is -0.138. The SMILES string of the molecule is Nc1ccc(N2C(=O)OCC2C(=O)O)cc1. The number of benzene rings is 1. The van der Waals surface area contributed by atoms with Crippen LogP contribution in [0, 0.1) is 0 Å². The molecule has 1 fully saturated rings. The predicted molar refractivity (Wildman–Crippen MR) is 56.1 cm³/mol. The van der Waals surface area contributed by atoms with Gasteiger partial charge in [0.15, 0.2) is 6.04 Å². The summed E-state index contributed by atoms with van der Waals surface area (Å²) in [5, 5.41) is 8.92. The van der Waals surface area contributed by atoms with Gasteiger partial charge in [0.2, 0.25) is 0 Å². The Kier molecular flexibility index (Phi) is 2.40. The Morgan fingerprint density at radius 3 is 2.62 bits per heavy atom. The van der Waals surface area contributed by atoms with E-state index in [-0.39, 0.29) is 6.61 Å². The Balaban J connectivity index is 2.33. The second-order valence-corrected chi connectivity index (χ2v) is 3.39. The first-order valence-corrected chi connectivity index (χ1v) is 4.64. The quantitative estimate of drug-likeness (QED) is 0.717. The Morgan fingerprint density at radius 2 is 2.06 bits per heavy atom. The van der Waals surface area contributed by atoms with Crippen molar-refractivity contribution in [2.45, 2.75) is 6.04 Å². The number of cyclic esters (lactones) is 1. The van der Waals surface area contributed by atoms with Gasteiger partial charge in [0.1, 0.15) is 6.61 Å². The molecule has 0 aliphatic carbocycles. The van der Waals surface area contributed by atoms with Gasteiger partial charge in [-0.1, -0.05) is 0 Å². The van der Waals surface area contributed by atoms with Crippen molar-refractivity contribution in [2.24, 2.45) is 0 Å². The predicted octanol–water partition coefficient (Wildman–Crippen LogP) is 0.679. The number of nitrogens with two attached hydrogens (primary N) is 1. The van der Waals surface area contributed by atoms with Crippen molar-refractivity contribution in [3.63, 3.8) is 0 Å². The van der Waals surface area contributed by atoms with Gasteiger partial charge in [0.25, 0.3) is 0 Å². The third-order valence-corrected chi connectivity index (χ3v) is 2.33. The van der Waals surface area contributed by atoms with Crippen LogP contribution in [0.15, 0.2) is 24.3 Å². The van der Waals surface area contributed by atoms with Gasteiger partial charge < -0.3 is 15.6 Å². The van der Waals surface area contributed by atoms with Crippen LogP contribution in [0.1, 0.15) is 0 Å². The van der Waals surface area contributed by atoms with E-state index in [4.69, 9.17) is 15.6 Å². The molecule has 1 saturated heterocycles. The molecule has 1 unspecified atom stereocenters. The lowest BCUT2D eigenvalue weighted by atomic mass is 10.2. The van der Waals surface area contributed by atoms with Gasteiger partial charge in [0.05, 0.1) is 0 Å². The summed E-state index contributed by atoms with van der Waals surface area (Å²) in [5.41, 5.74) is 6.51. The smallest absolute Gasteiger partial charge is 0.415 e. The number of nitrogen functional groups attached to an aromatic ring is 1. The molecular formula is C10H10N2O4. The topological polar surface area (TPSA) is 92.9 Å². The first-order valence-electron chi connectivity index (χ1n) is 4.64. The molecule has 0 radical (unpaired) electrons. The highest BCUT2D eigenvalue weighted by Gasteiger charge is 2.39. The molecule has 1 amide bonds. The van der Waals surface area contributed by atoms with Crippen molar-refractivity contribution in [2.75, 3.05) is 17.2 Å². The molecule has 0 spiro atoms. The molecule has 3 N–H and O–H groups in total. The van der Waals surface area contributed by atoms with E-state index in [1.54, 1.807) is 24.3 Å². The number of hydrogen-bond acceptors (Lipinski definition) is 4. The monoisotopic (exact) mass is 222 g/mol. The van der Waals surface area contributed by atoms with E-state index in [0.29, 0.717) is 11.4 Å². The molecule has 0 bridgehead atoms. The number of carbonyl (C=O) groups is 2. The van der Waals surface area contributed by atoms with Crippen molar-refractivity contribution in [3.05, 3.63) is 24.3 Å². The zero-order valence-corrected chi connectivity index (χ0v) is 8.29. The van der Waals surface area contributed by atoms with E-state index in [2.05, 4.69) is 0 Å². The largest absolute Gasteiger partial charge is 0.480 e. The van der Waals surface area contributed by atoms with E-state index in [0.717, 1.165) is 4.90 Å². The standard InChI is InChI=1S/C10H10N2O4/c11-6-1-3-7(4-2-6)12-8(9(13)14)5-16-10(12)15/h1-4,8H,5,11H2,(H,13,14). The summed E-state index contributed by atoms with van der Waals surface area (Å²) in [5.74, 6) is -1.09. The molecule has 6 heteroatoms. The highest BCUT2D eigenvalue weighted by Crippen LogP contribution is 2.24. The molecule has 1 aromatic carbocycles. The van der Waals surface area contributed by atoms with Crippen molar-refractivity contribution < 1.29 is 19.4 Å². The average molecular weight is 222 g/mol. The molecule has 1 heterocycles. The first-order chi connectivity index (χ1) is 7.59. The minimum absolute atomic E-state index is 0.140. The van der Waals surface area contributed by atoms with Gasteiger partial charge in [-0.3, -0.25) is 4.90 Å². The van der Waals surface area contributed by atoms with E-state index in [9.17, 15) is 9.59 Å². The van der Waals surface area contributed by atoms with Gasteiger partial charge in [-0.2, -0.15) is 0 Å². The second-order valence-electron chi connectivity index (χ2n) is 3.39. The van der Waals surface area contributed by atoms with Crippen LogP contribution in [-0.4, -0.2) is 29.8 Å². The average Bonchev–Trinajstić information content (AvgIpc) is 2.62. The van der Waals surface area contributed by atoms with Crippen LogP contribution in [0.5, 0.6) is 0 Å². The lowest BCUT2D eigenvalue weighted by Gasteiger charge is -2.17. The molecule has 1 aromatic rings. The van der Waals surface area contributed by atoms with Crippen LogP contribution in [-0.2, 0) is 9.53 Å². The van der Waals surface area contributed by atoms with Crippen LogP contribution >= 0.6 is 0 Å². The maximum absolute atomic E-state index is 11.4. The van der Waals surface area contributed by atoms with E-state index < -0.39 is 18.1 Å². The summed E-state index contributed by atoms with van der Waals surface area (Å²) in [6.07, 6.45) is -0.655. The van der Waals surface area contributed by atoms with Crippen molar-refractivity contribution in [3.8, 4) is 0 Å². The third kappa shape index (κ3) is 1.65. The number of ether oxygens (including phenoxy) is 1. The minimum Gasteiger partial charge on any atom is -0.480 e. The zero-order chi connectivity index (χ0) is 11.7. The Labute approximate surface area is 91.2 Å². The Hall–Kier alpha value is -2.24. The van der Waals surface area contributed by atoms with E-state index in [1.165, 1.54) is 0 Å².